The first-order valence-electron chi connectivity index (χ1n) is 3.60. The number of ether oxygens (including phenoxy) is 2. The maximum Gasteiger partial charge on any atom is 0.285 e. The van der Waals surface area contributed by atoms with Crippen molar-refractivity contribution in [3.8, 4) is 0 Å². The Morgan fingerprint density at radius 2 is 2.50 bits per heavy atom. The van der Waals surface area contributed by atoms with Gasteiger partial charge in [0, 0.05) is 0 Å². The molecule has 2 aliphatic heterocycles. The molecule has 0 bridgehead atoms. The zero-order valence-corrected chi connectivity index (χ0v) is 6.30. The molecule has 12 heavy (non-hydrogen) atoms. The lowest BCUT2D eigenvalue weighted by Crippen LogP contribution is -2.47. The number of nitrogens with zero attached hydrogens (tertiary/aromatic N) is 1. The number of aliphatic hydroxyl groups excluding tert-OH is 1. The highest BCUT2D eigenvalue weighted by Crippen LogP contribution is 2.31. The van der Waals surface area contributed by atoms with Crippen LogP contribution in [0.5, 0.6) is 0 Å². The lowest BCUT2D eigenvalue weighted by atomic mass is 10.0. The molecule has 0 unspecified atom stereocenters. The normalized spacial score (nSPS) is 45.3. The standard InChI is InChI=1S/C6H10N2O4/c7-5-8-4-3(12-5)6(10,1-9)2-11-4/h3-4,9-10H,1-2H2,(H2,7,8)/t3-,4-,6+/m1/s1. The number of fused-ring (bicyclic) bond motifs is 1. The SMILES string of the molecule is NC1=N[C@@H]2OC[C@@](O)(CO)[C@@H]2O1. The van der Waals surface area contributed by atoms with Gasteiger partial charge in [0.05, 0.1) is 13.2 Å². The number of nitrogens with two attached hydrogens (primary N) is 1. The Kier molecular flexibility index (Phi) is 1.50. The second-order valence-electron chi connectivity index (χ2n) is 2.97. The average molecular weight is 174 g/mol. The molecule has 0 aromatic heterocycles. The van der Waals surface area contributed by atoms with Gasteiger partial charge >= 0.3 is 0 Å². The average Bonchev–Trinajstić information content (AvgIpc) is 2.53. The number of hydrogen-bond donors (Lipinski definition) is 3. The Morgan fingerprint density at radius 3 is 3.17 bits per heavy atom. The van der Waals surface area contributed by atoms with Crippen molar-refractivity contribution in [2.75, 3.05) is 13.2 Å². The van der Waals surface area contributed by atoms with E-state index in [4.69, 9.17) is 20.3 Å². The molecular formula is C6H10N2O4. The second-order valence-corrected chi connectivity index (χ2v) is 2.97. The van der Waals surface area contributed by atoms with Crippen LogP contribution in [-0.4, -0.2) is 47.4 Å². The molecule has 6 heteroatoms. The van der Waals surface area contributed by atoms with Crippen LogP contribution in [0.25, 0.3) is 0 Å². The van der Waals surface area contributed by atoms with Crippen LogP contribution in [0.3, 0.4) is 0 Å². The van der Waals surface area contributed by atoms with Gasteiger partial charge in [-0.1, -0.05) is 0 Å². The summed E-state index contributed by atoms with van der Waals surface area (Å²) in [5.74, 6) is 0. The van der Waals surface area contributed by atoms with Crippen molar-refractivity contribution in [1.29, 1.82) is 0 Å². The maximum atomic E-state index is 9.66. The van der Waals surface area contributed by atoms with E-state index in [0.29, 0.717) is 0 Å². The van der Waals surface area contributed by atoms with Gasteiger partial charge in [-0.3, -0.25) is 0 Å². The van der Waals surface area contributed by atoms with Crippen LogP contribution < -0.4 is 5.73 Å². The van der Waals surface area contributed by atoms with Crippen molar-refractivity contribution in [2.45, 2.75) is 17.9 Å². The fourth-order valence-corrected chi connectivity index (χ4v) is 1.36. The highest BCUT2D eigenvalue weighted by atomic mass is 16.6. The van der Waals surface area contributed by atoms with E-state index < -0.39 is 24.5 Å². The number of hydrogen-bond acceptors (Lipinski definition) is 6. The summed E-state index contributed by atoms with van der Waals surface area (Å²) in [5.41, 5.74) is 3.89. The van der Waals surface area contributed by atoms with E-state index in [0.717, 1.165) is 0 Å². The lowest BCUT2D eigenvalue weighted by Gasteiger charge is -2.23. The van der Waals surface area contributed by atoms with Crippen molar-refractivity contribution in [1.82, 2.24) is 0 Å². The summed E-state index contributed by atoms with van der Waals surface area (Å²) >= 11 is 0. The predicted octanol–water partition coefficient (Wildman–Crippen LogP) is -2.22. The van der Waals surface area contributed by atoms with Crippen molar-refractivity contribution in [2.24, 2.45) is 10.7 Å². The summed E-state index contributed by atoms with van der Waals surface area (Å²) < 4.78 is 10.0. The quantitative estimate of drug-likeness (QED) is 0.418. The van der Waals surface area contributed by atoms with Crippen LogP contribution in [0.1, 0.15) is 0 Å². The van der Waals surface area contributed by atoms with Gasteiger partial charge in [0.15, 0.2) is 17.9 Å². The van der Waals surface area contributed by atoms with E-state index in [-0.39, 0.29) is 12.6 Å². The van der Waals surface area contributed by atoms with Crippen LogP contribution in [0.4, 0.5) is 0 Å². The van der Waals surface area contributed by atoms with Crippen molar-refractivity contribution in [3.05, 3.63) is 0 Å². The summed E-state index contributed by atoms with van der Waals surface area (Å²) in [6.07, 6.45) is -1.23. The van der Waals surface area contributed by atoms with Crippen LogP contribution in [-0.2, 0) is 9.47 Å². The Balaban J connectivity index is 2.18. The van der Waals surface area contributed by atoms with Crippen molar-refractivity contribution < 1.29 is 19.7 Å². The monoisotopic (exact) mass is 174 g/mol. The molecule has 0 aromatic carbocycles. The van der Waals surface area contributed by atoms with Crippen LogP contribution in [0.15, 0.2) is 4.99 Å². The van der Waals surface area contributed by atoms with Crippen LogP contribution in [0.2, 0.25) is 0 Å². The highest BCUT2D eigenvalue weighted by Gasteiger charge is 2.53. The zero-order chi connectivity index (χ0) is 8.77. The highest BCUT2D eigenvalue weighted by molar-refractivity contribution is 5.73. The molecule has 0 spiro atoms. The summed E-state index contributed by atoms with van der Waals surface area (Å²) in [6.45, 7) is -0.396. The molecule has 2 rings (SSSR count). The molecule has 0 aromatic rings. The topological polar surface area (TPSA) is 97.3 Å². The molecule has 0 radical (unpaired) electrons. The van der Waals surface area contributed by atoms with Crippen molar-refractivity contribution >= 4 is 6.02 Å². The largest absolute Gasteiger partial charge is 0.454 e. The molecule has 2 aliphatic rings. The molecule has 1 fully saturated rings. The number of rotatable bonds is 1. The Morgan fingerprint density at radius 1 is 1.75 bits per heavy atom. The Hall–Kier alpha value is -0.850. The third-order valence-electron chi connectivity index (χ3n) is 2.07. The second kappa shape index (κ2) is 2.32. The molecule has 6 nitrogen and oxygen atoms in total. The number of aliphatic hydroxyl groups is 2. The van der Waals surface area contributed by atoms with E-state index in [2.05, 4.69) is 4.99 Å². The Labute approximate surface area is 68.6 Å². The van der Waals surface area contributed by atoms with Gasteiger partial charge in [0.25, 0.3) is 6.02 Å². The third-order valence-corrected chi connectivity index (χ3v) is 2.07. The van der Waals surface area contributed by atoms with Gasteiger partial charge < -0.3 is 25.4 Å². The molecule has 3 atom stereocenters. The van der Waals surface area contributed by atoms with Gasteiger partial charge in [-0.15, -0.1) is 0 Å². The summed E-state index contributed by atoms with van der Waals surface area (Å²) in [6, 6.07) is -0.00317. The number of amidine groups is 1. The van der Waals surface area contributed by atoms with E-state index >= 15 is 0 Å². The van der Waals surface area contributed by atoms with Crippen LogP contribution in [0, 0.1) is 0 Å². The summed E-state index contributed by atoms with van der Waals surface area (Å²) in [5, 5.41) is 18.5. The van der Waals surface area contributed by atoms with Gasteiger partial charge in [0.2, 0.25) is 0 Å². The van der Waals surface area contributed by atoms with E-state index in [9.17, 15) is 5.11 Å². The fourth-order valence-electron chi connectivity index (χ4n) is 1.36. The molecule has 68 valence electrons. The Bertz CT molecular complexity index is 232. The fraction of sp³-hybridized carbons (Fsp3) is 0.833. The summed E-state index contributed by atoms with van der Waals surface area (Å²) in [4.78, 5) is 3.77. The molecule has 0 saturated carbocycles. The van der Waals surface area contributed by atoms with Gasteiger partial charge in [0.1, 0.15) is 0 Å². The molecule has 2 heterocycles. The lowest BCUT2D eigenvalue weighted by molar-refractivity contribution is -0.0715. The predicted molar refractivity (Wildman–Crippen MR) is 38.3 cm³/mol. The van der Waals surface area contributed by atoms with Crippen molar-refractivity contribution in [3.63, 3.8) is 0 Å². The van der Waals surface area contributed by atoms with E-state index in [1.54, 1.807) is 0 Å². The van der Waals surface area contributed by atoms with Gasteiger partial charge in [-0.25, -0.2) is 0 Å². The van der Waals surface area contributed by atoms with E-state index in [1.807, 2.05) is 0 Å². The molecule has 0 aliphatic carbocycles. The smallest absolute Gasteiger partial charge is 0.285 e. The third kappa shape index (κ3) is 0.889. The first-order valence-corrected chi connectivity index (χ1v) is 3.60. The maximum absolute atomic E-state index is 9.66. The minimum atomic E-state index is -1.37. The first kappa shape index (κ1) is 7.78. The first-order chi connectivity index (χ1) is 5.65. The molecular weight excluding hydrogens is 164 g/mol. The van der Waals surface area contributed by atoms with Crippen LogP contribution >= 0.6 is 0 Å². The minimum Gasteiger partial charge on any atom is -0.454 e. The molecule has 1 saturated heterocycles. The molecule has 0 amide bonds. The zero-order valence-electron chi connectivity index (χ0n) is 6.30. The van der Waals surface area contributed by atoms with E-state index in [1.165, 1.54) is 0 Å². The number of aliphatic imine (C=N–C) groups is 1. The summed E-state index contributed by atoms with van der Waals surface area (Å²) in [7, 11) is 0. The van der Waals surface area contributed by atoms with Gasteiger partial charge in [-0.2, -0.15) is 4.99 Å². The van der Waals surface area contributed by atoms with Gasteiger partial charge in [-0.05, 0) is 0 Å². The minimum absolute atomic E-state index is 0.00317. The molecule has 4 N–H and O–H groups in total.